The Morgan fingerprint density at radius 3 is 2.53 bits per heavy atom. The molecule has 0 aliphatic rings. The summed E-state index contributed by atoms with van der Waals surface area (Å²) in [6, 6.07) is 5.41. The van der Waals surface area contributed by atoms with Crippen LogP contribution in [0.5, 0.6) is 5.75 Å². The molecule has 0 aliphatic carbocycles. The molecule has 0 unspecified atom stereocenters. The number of nitrogens with zero attached hydrogens (tertiary/aromatic N) is 1. The van der Waals surface area contributed by atoms with Crippen molar-refractivity contribution in [1.82, 2.24) is 9.71 Å². The second-order valence-electron chi connectivity index (χ2n) is 4.28. The van der Waals surface area contributed by atoms with Crippen molar-refractivity contribution >= 4 is 20.9 Å². The maximum atomic E-state index is 12.0. The van der Waals surface area contributed by atoms with Gasteiger partial charge >= 0.3 is 0 Å². The molecule has 2 aromatic rings. The maximum Gasteiger partial charge on any atom is 0.244 e. The van der Waals surface area contributed by atoms with Crippen LogP contribution in [0.4, 0.5) is 0 Å². The molecule has 0 radical (unpaired) electrons. The number of sulfonamides is 1. The standard InChI is InChI=1S/C13H16N2O3S/c1-8-7-11(19(16,17)14-3)13(18-4)12-10(8)6-5-9(2)15-12/h5-7,14H,1-4H3. The number of aryl methyl sites for hydroxylation is 2. The Morgan fingerprint density at radius 2 is 1.95 bits per heavy atom. The number of benzene rings is 1. The van der Waals surface area contributed by atoms with E-state index in [9.17, 15) is 8.42 Å². The minimum absolute atomic E-state index is 0.112. The SMILES string of the molecule is CNS(=O)(=O)c1cc(C)c2ccc(C)nc2c1OC. The second kappa shape index (κ2) is 4.79. The summed E-state index contributed by atoms with van der Waals surface area (Å²) in [5, 5.41) is 0.887. The molecule has 1 N–H and O–H groups in total. The van der Waals surface area contributed by atoms with Gasteiger partial charge in [-0.1, -0.05) is 6.07 Å². The number of methoxy groups -OCH3 is 1. The van der Waals surface area contributed by atoms with Gasteiger partial charge in [0.1, 0.15) is 10.4 Å². The molecule has 0 bridgehead atoms. The van der Waals surface area contributed by atoms with Gasteiger partial charge < -0.3 is 4.74 Å². The van der Waals surface area contributed by atoms with Gasteiger partial charge in [0.05, 0.1) is 7.11 Å². The first kappa shape index (κ1) is 13.8. The fraction of sp³-hybridized carbons (Fsp3) is 0.308. The topological polar surface area (TPSA) is 68.3 Å². The van der Waals surface area contributed by atoms with Crippen LogP contribution in [0.1, 0.15) is 11.3 Å². The van der Waals surface area contributed by atoms with Crippen molar-refractivity contribution in [2.45, 2.75) is 18.7 Å². The normalized spacial score (nSPS) is 11.8. The summed E-state index contributed by atoms with van der Waals surface area (Å²) < 4.78 is 31.7. The van der Waals surface area contributed by atoms with Crippen molar-refractivity contribution < 1.29 is 13.2 Å². The van der Waals surface area contributed by atoms with E-state index in [4.69, 9.17) is 4.74 Å². The summed E-state index contributed by atoms with van der Waals surface area (Å²) in [6.45, 7) is 3.71. The van der Waals surface area contributed by atoms with Crippen molar-refractivity contribution in [1.29, 1.82) is 0 Å². The predicted molar refractivity (Wildman–Crippen MR) is 74.0 cm³/mol. The van der Waals surface area contributed by atoms with Gasteiger partial charge in [-0.15, -0.1) is 0 Å². The zero-order chi connectivity index (χ0) is 14.2. The third-order valence-corrected chi connectivity index (χ3v) is 4.43. The van der Waals surface area contributed by atoms with E-state index in [2.05, 4.69) is 9.71 Å². The highest BCUT2D eigenvalue weighted by molar-refractivity contribution is 7.89. The summed E-state index contributed by atoms with van der Waals surface area (Å²) in [5.74, 6) is 0.277. The van der Waals surface area contributed by atoms with E-state index in [-0.39, 0.29) is 10.6 Å². The van der Waals surface area contributed by atoms with Crippen LogP contribution in [-0.2, 0) is 10.0 Å². The Labute approximate surface area is 112 Å². The molecular weight excluding hydrogens is 264 g/mol. The Morgan fingerprint density at radius 1 is 1.26 bits per heavy atom. The number of rotatable bonds is 3. The molecule has 1 aromatic carbocycles. The number of fused-ring (bicyclic) bond motifs is 1. The zero-order valence-electron chi connectivity index (χ0n) is 11.3. The van der Waals surface area contributed by atoms with Gasteiger partial charge in [0.25, 0.3) is 0 Å². The molecule has 0 amide bonds. The first-order valence-corrected chi connectivity index (χ1v) is 7.27. The number of pyridine rings is 1. The summed E-state index contributed by atoms with van der Waals surface area (Å²) >= 11 is 0. The number of aromatic nitrogens is 1. The molecular formula is C13H16N2O3S. The van der Waals surface area contributed by atoms with Gasteiger partial charge in [-0.3, -0.25) is 0 Å². The van der Waals surface area contributed by atoms with Gasteiger partial charge in [0.2, 0.25) is 10.0 Å². The monoisotopic (exact) mass is 280 g/mol. The van der Waals surface area contributed by atoms with Gasteiger partial charge in [0.15, 0.2) is 5.75 Å². The van der Waals surface area contributed by atoms with E-state index < -0.39 is 10.0 Å². The van der Waals surface area contributed by atoms with Gasteiger partial charge in [-0.2, -0.15) is 0 Å². The Hall–Kier alpha value is -1.66. The zero-order valence-corrected chi connectivity index (χ0v) is 12.1. The fourth-order valence-corrected chi connectivity index (χ4v) is 2.99. The molecule has 102 valence electrons. The van der Waals surface area contributed by atoms with Crippen LogP contribution < -0.4 is 9.46 Å². The Kier molecular flexibility index (Phi) is 3.47. The minimum atomic E-state index is -3.58. The van der Waals surface area contributed by atoms with Crippen molar-refractivity contribution in [3.8, 4) is 5.75 Å². The smallest absolute Gasteiger partial charge is 0.244 e. The van der Waals surface area contributed by atoms with E-state index >= 15 is 0 Å². The molecule has 1 aromatic heterocycles. The molecule has 0 fully saturated rings. The lowest BCUT2D eigenvalue weighted by atomic mass is 10.1. The lowest BCUT2D eigenvalue weighted by Crippen LogP contribution is -2.19. The molecule has 6 heteroatoms. The molecule has 2 rings (SSSR count). The van der Waals surface area contributed by atoms with Crippen LogP contribution >= 0.6 is 0 Å². The quantitative estimate of drug-likeness (QED) is 0.930. The number of hydrogen-bond donors (Lipinski definition) is 1. The van der Waals surface area contributed by atoms with E-state index in [0.717, 1.165) is 16.6 Å². The van der Waals surface area contributed by atoms with Crippen molar-refractivity contribution in [3.63, 3.8) is 0 Å². The fourth-order valence-electron chi connectivity index (χ4n) is 2.01. The Bertz CT molecular complexity index is 739. The average Bonchev–Trinajstić information content (AvgIpc) is 2.38. The van der Waals surface area contributed by atoms with E-state index in [1.165, 1.54) is 14.2 Å². The molecule has 0 saturated heterocycles. The molecule has 0 aliphatic heterocycles. The van der Waals surface area contributed by atoms with Crippen LogP contribution in [0.25, 0.3) is 10.9 Å². The van der Waals surface area contributed by atoms with Gasteiger partial charge in [-0.05, 0) is 38.6 Å². The lowest BCUT2D eigenvalue weighted by molar-refractivity contribution is 0.406. The number of ether oxygens (including phenoxy) is 1. The van der Waals surface area contributed by atoms with Crippen LogP contribution in [0, 0.1) is 13.8 Å². The molecule has 5 nitrogen and oxygen atoms in total. The summed E-state index contributed by atoms with van der Waals surface area (Å²) in [5.41, 5.74) is 2.22. The minimum Gasteiger partial charge on any atom is -0.493 e. The van der Waals surface area contributed by atoms with Crippen LogP contribution in [0.15, 0.2) is 23.1 Å². The molecule has 0 saturated carbocycles. The lowest BCUT2D eigenvalue weighted by Gasteiger charge is -2.13. The maximum absolute atomic E-state index is 12.0. The Balaban J connectivity index is 2.95. The summed E-state index contributed by atoms with van der Waals surface area (Å²) in [6.07, 6.45) is 0. The van der Waals surface area contributed by atoms with Crippen LogP contribution in [0.3, 0.4) is 0 Å². The largest absolute Gasteiger partial charge is 0.493 e. The molecule has 0 atom stereocenters. The predicted octanol–water partition coefficient (Wildman–Crippen LogP) is 1.77. The second-order valence-corrected chi connectivity index (χ2v) is 6.14. The molecule has 1 heterocycles. The van der Waals surface area contributed by atoms with Gasteiger partial charge in [0, 0.05) is 11.1 Å². The first-order valence-electron chi connectivity index (χ1n) is 5.79. The number of hydrogen-bond acceptors (Lipinski definition) is 4. The summed E-state index contributed by atoms with van der Waals surface area (Å²) in [4.78, 5) is 4.51. The van der Waals surface area contributed by atoms with E-state index in [1.54, 1.807) is 6.07 Å². The van der Waals surface area contributed by atoms with Crippen molar-refractivity contribution in [2.24, 2.45) is 0 Å². The third-order valence-electron chi connectivity index (χ3n) is 3.01. The summed E-state index contributed by atoms with van der Waals surface area (Å²) in [7, 11) is -0.763. The van der Waals surface area contributed by atoms with E-state index in [1.807, 2.05) is 26.0 Å². The highest BCUT2D eigenvalue weighted by atomic mass is 32.2. The highest BCUT2D eigenvalue weighted by Gasteiger charge is 2.22. The number of nitrogens with one attached hydrogen (secondary N) is 1. The average molecular weight is 280 g/mol. The van der Waals surface area contributed by atoms with E-state index in [0.29, 0.717) is 5.52 Å². The molecule has 0 spiro atoms. The van der Waals surface area contributed by atoms with Crippen molar-refractivity contribution in [3.05, 3.63) is 29.5 Å². The van der Waals surface area contributed by atoms with Crippen LogP contribution in [0.2, 0.25) is 0 Å². The van der Waals surface area contributed by atoms with Gasteiger partial charge in [-0.25, -0.2) is 18.1 Å². The highest BCUT2D eigenvalue weighted by Crippen LogP contribution is 2.33. The molecule has 19 heavy (non-hydrogen) atoms. The van der Waals surface area contributed by atoms with Crippen LogP contribution in [-0.4, -0.2) is 27.6 Å². The third kappa shape index (κ3) is 2.29. The van der Waals surface area contributed by atoms with Crippen molar-refractivity contribution in [2.75, 3.05) is 14.2 Å². The first-order chi connectivity index (χ1) is 8.90.